The summed E-state index contributed by atoms with van der Waals surface area (Å²) >= 11 is 0. The Morgan fingerprint density at radius 1 is 1.48 bits per heavy atom. The molecule has 1 heterocycles. The Hall–Kier alpha value is -0.910. The fourth-order valence-electron chi connectivity index (χ4n) is 2.59. The minimum atomic E-state index is -0.868. The van der Waals surface area contributed by atoms with Crippen molar-refractivity contribution in [1.29, 1.82) is 0 Å². The molecule has 6 heteroatoms. The maximum atomic E-state index is 12.2. The molecule has 0 spiro atoms. The van der Waals surface area contributed by atoms with E-state index >= 15 is 0 Å². The van der Waals surface area contributed by atoms with Gasteiger partial charge < -0.3 is 10.6 Å². The van der Waals surface area contributed by atoms with Crippen LogP contribution in [0.25, 0.3) is 0 Å². The van der Waals surface area contributed by atoms with Crippen molar-refractivity contribution in [3.05, 3.63) is 29.8 Å². The molecule has 118 valence electrons. The highest BCUT2D eigenvalue weighted by atomic mass is 35.5. The van der Waals surface area contributed by atoms with Crippen molar-refractivity contribution >= 4 is 34.8 Å². The number of anilines is 1. The first-order valence-corrected chi connectivity index (χ1v) is 8.70. The Kier molecular flexibility index (Phi) is 7.35. The van der Waals surface area contributed by atoms with Crippen molar-refractivity contribution in [3.8, 4) is 0 Å². The van der Waals surface area contributed by atoms with E-state index in [1.807, 2.05) is 24.3 Å². The van der Waals surface area contributed by atoms with Crippen LogP contribution in [0.2, 0.25) is 0 Å². The second-order valence-corrected chi connectivity index (χ2v) is 6.92. The number of hydrogen-bond donors (Lipinski definition) is 2. The lowest BCUT2D eigenvalue weighted by molar-refractivity contribution is -0.120. The van der Waals surface area contributed by atoms with Gasteiger partial charge in [-0.2, -0.15) is 0 Å². The Morgan fingerprint density at radius 3 is 2.90 bits per heavy atom. The molecule has 2 N–H and O–H groups in total. The number of rotatable bonds is 4. The lowest BCUT2D eigenvalue weighted by Crippen LogP contribution is -2.40. The summed E-state index contributed by atoms with van der Waals surface area (Å²) in [4.78, 5) is 12.2. The molecule has 1 aromatic carbocycles. The number of amides is 1. The van der Waals surface area contributed by atoms with Gasteiger partial charge in [0.05, 0.1) is 0 Å². The second kappa shape index (κ2) is 8.51. The van der Waals surface area contributed by atoms with Gasteiger partial charge in [-0.1, -0.05) is 12.1 Å². The zero-order valence-electron chi connectivity index (χ0n) is 12.4. The van der Waals surface area contributed by atoms with Gasteiger partial charge in [-0.25, -0.2) is 0 Å². The van der Waals surface area contributed by atoms with Crippen LogP contribution in [0.5, 0.6) is 0 Å². The number of nitrogens with one attached hydrogen (secondary N) is 2. The summed E-state index contributed by atoms with van der Waals surface area (Å²) in [6, 6.07) is 8.01. The van der Waals surface area contributed by atoms with E-state index in [-0.39, 0.29) is 24.2 Å². The van der Waals surface area contributed by atoms with Gasteiger partial charge in [0.25, 0.3) is 0 Å². The number of benzene rings is 1. The number of carbonyl (C=O) groups is 1. The van der Waals surface area contributed by atoms with Crippen LogP contribution >= 0.6 is 12.4 Å². The van der Waals surface area contributed by atoms with E-state index in [4.69, 9.17) is 0 Å². The molecule has 1 aliphatic rings. The van der Waals surface area contributed by atoms with Crippen molar-refractivity contribution in [1.82, 2.24) is 5.32 Å². The van der Waals surface area contributed by atoms with Crippen LogP contribution < -0.4 is 10.6 Å². The molecule has 1 saturated heterocycles. The Bertz CT molecular complexity index is 510. The molecule has 3 atom stereocenters. The molecule has 1 unspecified atom stereocenters. The zero-order chi connectivity index (χ0) is 14.5. The molecular weight excluding hydrogens is 308 g/mol. The molecule has 0 bridgehead atoms. The average molecular weight is 331 g/mol. The third-order valence-electron chi connectivity index (χ3n) is 3.56. The maximum Gasteiger partial charge on any atom is 0.227 e. The number of piperidine rings is 1. The van der Waals surface area contributed by atoms with Crippen LogP contribution in [0.15, 0.2) is 24.3 Å². The van der Waals surface area contributed by atoms with E-state index in [0.717, 1.165) is 30.6 Å². The van der Waals surface area contributed by atoms with Gasteiger partial charge in [0, 0.05) is 40.5 Å². The van der Waals surface area contributed by atoms with Gasteiger partial charge in [0.2, 0.25) is 5.91 Å². The molecule has 1 fully saturated rings. The van der Waals surface area contributed by atoms with Crippen molar-refractivity contribution < 1.29 is 9.00 Å². The van der Waals surface area contributed by atoms with Gasteiger partial charge in [0.15, 0.2) is 0 Å². The summed E-state index contributed by atoms with van der Waals surface area (Å²) < 4.78 is 11.2. The van der Waals surface area contributed by atoms with Crippen LogP contribution in [0.1, 0.15) is 25.3 Å². The SMILES string of the molecule is C[C@H]1C[C@@H](C(=O)Nc2cccc(CS(C)=O)c2)CCN1.Cl. The summed E-state index contributed by atoms with van der Waals surface area (Å²) in [6.07, 6.45) is 3.45. The van der Waals surface area contributed by atoms with Crippen LogP contribution in [0, 0.1) is 5.92 Å². The third-order valence-corrected chi connectivity index (χ3v) is 4.30. The molecule has 0 radical (unpaired) electrons. The number of carbonyl (C=O) groups excluding carboxylic acids is 1. The lowest BCUT2D eigenvalue weighted by Gasteiger charge is -2.27. The van der Waals surface area contributed by atoms with Crippen molar-refractivity contribution in [2.75, 3.05) is 18.1 Å². The molecule has 1 aliphatic heterocycles. The average Bonchev–Trinajstić information content (AvgIpc) is 2.38. The van der Waals surface area contributed by atoms with Gasteiger partial charge in [-0.15, -0.1) is 12.4 Å². The summed E-state index contributed by atoms with van der Waals surface area (Å²) in [7, 11) is -0.868. The smallest absolute Gasteiger partial charge is 0.227 e. The van der Waals surface area contributed by atoms with E-state index in [1.165, 1.54) is 0 Å². The Labute approximate surface area is 134 Å². The molecule has 1 aromatic rings. The highest BCUT2D eigenvalue weighted by molar-refractivity contribution is 7.83. The third kappa shape index (κ3) is 5.77. The molecule has 0 aromatic heterocycles. The molecule has 1 amide bonds. The number of halogens is 1. The van der Waals surface area contributed by atoms with Gasteiger partial charge in [-0.05, 0) is 44.0 Å². The van der Waals surface area contributed by atoms with Gasteiger partial charge in [-0.3, -0.25) is 9.00 Å². The Morgan fingerprint density at radius 2 is 2.24 bits per heavy atom. The predicted octanol–water partition coefficient (Wildman–Crippen LogP) is 2.31. The molecule has 4 nitrogen and oxygen atoms in total. The zero-order valence-corrected chi connectivity index (χ0v) is 14.1. The maximum absolute atomic E-state index is 12.2. The van der Waals surface area contributed by atoms with E-state index < -0.39 is 10.8 Å². The first kappa shape index (κ1) is 18.1. The number of hydrogen-bond acceptors (Lipinski definition) is 3. The van der Waals surface area contributed by atoms with Crippen molar-refractivity contribution in [3.63, 3.8) is 0 Å². The summed E-state index contributed by atoms with van der Waals surface area (Å²) in [5, 5.41) is 6.33. The highest BCUT2D eigenvalue weighted by Gasteiger charge is 2.24. The van der Waals surface area contributed by atoms with E-state index in [1.54, 1.807) is 6.26 Å². The fraction of sp³-hybridized carbons (Fsp3) is 0.533. The van der Waals surface area contributed by atoms with E-state index in [9.17, 15) is 9.00 Å². The molecule has 21 heavy (non-hydrogen) atoms. The standard InChI is InChI=1S/C15H22N2O2S.ClH/c1-11-8-13(6-7-16-11)15(18)17-14-5-3-4-12(9-14)10-20(2)19;/h3-5,9,11,13,16H,6-8,10H2,1-2H3,(H,17,18);1H/t11-,13-,20?;/m0./s1. The second-order valence-electron chi connectivity index (χ2n) is 5.48. The predicted molar refractivity (Wildman–Crippen MR) is 90.3 cm³/mol. The molecule has 2 rings (SSSR count). The van der Waals surface area contributed by atoms with Gasteiger partial charge >= 0.3 is 0 Å². The van der Waals surface area contributed by atoms with E-state index in [0.29, 0.717) is 11.8 Å². The van der Waals surface area contributed by atoms with Crippen LogP contribution in [0.4, 0.5) is 5.69 Å². The van der Waals surface area contributed by atoms with E-state index in [2.05, 4.69) is 17.6 Å². The quantitative estimate of drug-likeness (QED) is 0.890. The minimum absolute atomic E-state index is 0. The first-order chi connectivity index (χ1) is 9.54. The summed E-state index contributed by atoms with van der Waals surface area (Å²) in [5.41, 5.74) is 1.78. The minimum Gasteiger partial charge on any atom is -0.326 e. The lowest BCUT2D eigenvalue weighted by atomic mass is 9.92. The Balaban J connectivity index is 0.00000220. The normalized spacial score (nSPS) is 23.0. The first-order valence-electron chi connectivity index (χ1n) is 6.98. The fourth-order valence-corrected chi connectivity index (χ4v) is 3.24. The van der Waals surface area contributed by atoms with Crippen LogP contribution in [-0.4, -0.2) is 29.0 Å². The highest BCUT2D eigenvalue weighted by Crippen LogP contribution is 2.19. The largest absolute Gasteiger partial charge is 0.326 e. The van der Waals surface area contributed by atoms with Gasteiger partial charge in [0.1, 0.15) is 0 Å². The molecule has 0 saturated carbocycles. The topological polar surface area (TPSA) is 58.2 Å². The summed E-state index contributed by atoms with van der Waals surface area (Å²) in [6.45, 7) is 3.00. The van der Waals surface area contributed by atoms with Crippen LogP contribution in [0.3, 0.4) is 0 Å². The summed E-state index contributed by atoms with van der Waals surface area (Å²) in [5.74, 6) is 0.692. The van der Waals surface area contributed by atoms with Crippen molar-refractivity contribution in [2.45, 2.75) is 31.6 Å². The molecule has 0 aliphatic carbocycles. The van der Waals surface area contributed by atoms with Crippen LogP contribution in [-0.2, 0) is 21.3 Å². The monoisotopic (exact) mass is 330 g/mol. The molecular formula is C15H23ClN2O2S. The van der Waals surface area contributed by atoms with Crippen molar-refractivity contribution in [2.24, 2.45) is 5.92 Å².